The van der Waals surface area contributed by atoms with Crippen LogP contribution in [-0.4, -0.2) is 74.4 Å². The molecule has 2 aliphatic rings. The summed E-state index contributed by atoms with van der Waals surface area (Å²) in [6.45, 7) is 0.115. The van der Waals surface area contributed by atoms with Crippen LogP contribution in [0, 0.1) is 0 Å². The Labute approximate surface area is 245 Å². The summed E-state index contributed by atoms with van der Waals surface area (Å²) in [6, 6.07) is 4.17. The number of nitrogens with one attached hydrogen (secondary N) is 3. The maximum atomic E-state index is 12.5. The molecular formula is C26H31ClN10O5. The topological polar surface area (TPSA) is 201 Å². The summed E-state index contributed by atoms with van der Waals surface area (Å²) in [5, 5.41) is 23.6. The van der Waals surface area contributed by atoms with Gasteiger partial charge in [-0.05, 0) is 36.6 Å². The number of aliphatic hydroxyl groups excluding tert-OH is 1. The number of aliphatic hydroxyl groups is 1. The summed E-state index contributed by atoms with van der Waals surface area (Å²) in [5.74, 6) is 0.160. The summed E-state index contributed by atoms with van der Waals surface area (Å²) in [4.78, 5) is 40.5. The third-order valence-electron chi connectivity index (χ3n) is 7.36. The van der Waals surface area contributed by atoms with Crippen LogP contribution in [0.1, 0.15) is 43.9 Å². The number of carbonyl (C=O) groups excluding carboxylic acids is 2. The normalized spacial score (nSPS) is 22.4. The van der Waals surface area contributed by atoms with Gasteiger partial charge in [-0.2, -0.15) is 0 Å². The number of hydrogen-bond acceptors (Lipinski definition) is 10. The second kappa shape index (κ2) is 13.2. The van der Waals surface area contributed by atoms with Crippen molar-refractivity contribution < 1.29 is 24.2 Å². The molecule has 2 fully saturated rings. The lowest BCUT2D eigenvalue weighted by Gasteiger charge is -2.23. The Morgan fingerprint density at radius 2 is 2.07 bits per heavy atom. The molecule has 1 saturated carbocycles. The molecule has 42 heavy (non-hydrogen) atoms. The van der Waals surface area contributed by atoms with Gasteiger partial charge in [0.25, 0.3) is 5.91 Å². The number of ether oxygens (including phenoxy) is 2. The Bertz CT molecular complexity index is 1490. The Morgan fingerprint density at radius 1 is 1.26 bits per heavy atom. The van der Waals surface area contributed by atoms with Gasteiger partial charge in [0.05, 0.1) is 6.33 Å². The fourth-order valence-corrected chi connectivity index (χ4v) is 5.46. The molecule has 3 heterocycles. The predicted octanol–water partition coefficient (Wildman–Crippen LogP) is 2.60. The number of halogens is 1. The van der Waals surface area contributed by atoms with E-state index >= 15 is 0 Å². The number of amides is 2. The van der Waals surface area contributed by atoms with Crippen LogP contribution in [0.5, 0.6) is 5.75 Å². The van der Waals surface area contributed by atoms with Crippen LogP contribution in [0.4, 0.5) is 5.82 Å². The van der Waals surface area contributed by atoms with Crippen LogP contribution in [0.15, 0.2) is 36.0 Å². The number of carbonyl (C=O) groups is 2. The van der Waals surface area contributed by atoms with E-state index in [9.17, 15) is 14.7 Å². The third-order valence-corrected chi connectivity index (χ3v) is 7.59. The standard InChI is InChI=1S/C26H31ClN10O5/c1-29-25(40)22-19(35-36-28)21(39)26(42-22)37-13-33-20-23(31-12-32-24(20)37)30-10-14-9-15(27)7-8-17(14)41-11-18(38)34-16-5-3-2-4-6-16/h7-9,12-13,16,19,21-22,26,39H,2-6,10-11H2,1H3,(H,29,40)(H,34,38)(H,30,31,32)/t19-,21+,22-,26+/m0/s1. The molecule has 5 rings (SSSR count). The molecule has 0 radical (unpaired) electrons. The first-order valence-corrected chi connectivity index (χ1v) is 14.0. The fraction of sp³-hybridized carbons (Fsp3) is 0.500. The van der Waals surface area contributed by atoms with Gasteiger partial charge in [0.1, 0.15) is 30.3 Å². The largest absolute Gasteiger partial charge is 0.483 e. The van der Waals surface area contributed by atoms with Crippen molar-refractivity contribution in [3.05, 3.63) is 51.9 Å². The zero-order chi connectivity index (χ0) is 29.6. The zero-order valence-electron chi connectivity index (χ0n) is 22.8. The van der Waals surface area contributed by atoms with Gasteiger partial charge >= 0.3 is 0 Å². The monoisotopic (exact) mass is 598 g/mol. The quantitative estimate of drug-likeness (QED) is 0.154. The molecule has 0 bridgehead atoms. The third kappa shape index (κ3) is 6.34. The molecule has 1 aliphatic carbocycles. The molecule has 0 spiro atoms. The summed E-state index contributed by atoms with van der Waals surface area (Å²) in [7, 11) is 1.42. The summed E-state index contributed by atoms with van der Waals surface area (Å²) in [6.07, 6.45) is 4.50. The second-order valence-corrected chi connectivity index (χ2v) is 10.5. The highest BCUT2D eigenvalue weighted by Crippen LogP contribution is 2.34. The minimum absolute atomic E-state index is 0.120. The molecule has 3 aromatic rings. The van der Waals surface area contributed by atoms with Crippen LogP contribution in [0.2, 0.25) is 5.02 Å². The molecule has 2 amide bonds. The van der Waals surface area contributed by atoms with Crippen LogP contribution in [-0.2, 0) is 20.9 Å². The second-order valence-electron chi connectivity index (χ2n) is 10.1. The smallest absolute Gasteiger partial charge is 0.258 e. The molecule has 0 unspecified atom stereocenters. The van der Waals surface area contributed by atoms with Crippen molar-refractivity contribution in [3.8, 4) is 5.75 Å². The highest BCUT2D eigenvalue weighted by atomic mass is 35.5. The molecule has 15 nitrogen and oxygen atoms in total. The number of nitrogens with zero attached hydrogens (tertiary/aromatic N) is 7. The Balaban J connectivity index is 1.30. The van der Waals surface area contributed by atoms with Gasteiger partial charge in [0.15, 0.2) is 29.8 Å². The van der Waals surface area contributed by atoms with E-state index in [1.165, 1.54) is 30.7 Å². The van der Waals surface area contributed by atoms with Crippen molar-refractivity contribution in [2.24, 2.45) is 5.11 Å². The van der Waals surface area contributed by atoms with E-state index in [-0.39, 0.29) is 25.1 Å². The molecule has 2 aromatic heterocycles. The van der Waals surface area contributed by atoms with Crippen molar-refractivity contribution in [1.82, 2.24) is 30.2 Å². The highest BCUT2D eigenvalue weighted by Gasteiger charge is 2.48. The van der Waals surface area contributed by atoms with Gasteiger partial charge in [0, 0.05) is 35.1 Å². The maximum absolute atomic E-state index is 12.5. The average Bonchev–Trinajstić information content (AvgIpc) is 3.57. The van der Waals surface area contributed by atoms with Gasteiger partial charge < -0.3 is 30.5 Å². The van der Waals surface area contributed by atoms with Gasteiger partial charge in [-0.3, -0.25) is 14.2 Å². The first-order valence-electron chi connectivity index (χ1n) is 13.6. The SMILES string of the molecule is CNC(=O)[C@H]1O[C@@H](n2cnc3c(NCc4cc(Cl)ccc4OCC(=O)NC4CCCCC4)ncnc32)[C@H](O)[C@@H]1N=[N+]=[N-]. The number of aromatic nitrogens is 4. The van der Waals surface area contributed by atoms with Crippen LogP contribution < -0.4 is 20.7 Å². The lowest BCUT2D eigenvalue weighted by molar-refractivity contribution is -0.134. The van der Waals surface area contributed by atoms with Gasteiger partial charge in [-0.1, -0.05) is 36.0 Å². The average molecular weight is 599 g/mol. The Hall–Kier alpha value is -4.17. The molecule has 222 valence electrons. The van der Waals surface area contributed by atoms with Gasteiger partial charge in [0.2, 0.25) is 5.91 Å². The van der Waals surface area contributed by atoms with Crippen molar-refractivity contribution in [2.75, 3.05) is 19.0 Å². The van der Waals surface area contributed by atoms with E-state index in [1.54, 1.807) is 18.2 Å². The van der Waals surface area contributed by atoms with Crippen molar-refractivity contribution >= 4 is 40.4 Å². The van der Waals surface area contributed by atoms with E-state index in [2.05, 4.69) is 40.9 Å². The molecule has 1 aliphatic heterocycles. The highest BCUT2D eigenvalue weighted by molar-refractivity contribution is 6.30. The maximum Gasteiger partial charge on any atom is 0.258 e. The van der Waals surface area contributed by atoms with E-state index in [4.69, 9.17) is 26.6 Å². The van der Waals surface area contributed by atoms with Crippen molar-refractivity contribution in [3.63, 3.8) is 0 Å². The number of anilines is 1. The van der Waals surface area contributed by atoms with Gasteiger partial charge in [-0.25, -0.2) is 15.0 Å². The Morgan fingerprint density at radius 3 is 2.83 bits per heavy atom. The van der Waals surface area contributed by atoms with E-state index in [0.717, 1.165) is 25.7 Å². The van der Waals surface area contributed by atoms with Crippen molar-refractivity contribution in [2.45, 2.75) is 69.2 Å². The fourth-order valence-electron chi connectivity index (χ4n) is 5.27. The van der Waals surface area contributed by atoms with Crippen LogP contribution >= 0.6 is 11.6 Å². The minimum Gasteiger partial charge on any atom is -0.483 e. The zero-order valence-corrected chi connectivity index (χ0v) is 23.6. The first-order chi connectivity index (χ1) is 20.4. The summed E-state index contributed by atoms with van der Waals surface area (Å²) >= 11 is 6.25. The van der Waals surface area contributed by atoms with Crippen LogP contribution in [0.3, 0.4) is 0 Å². The first kappa shape index (κ1) is 29.3. The van der Waals surface area contributed by atoms with Crippen molar-refractivity contribution in [1.29, 1.82) is 0 Å². The van der Waals surface area contributed by atoms with E-state index in [0.29, 0.717) is 33.3 Å². The summed E-state index contributed by atoms with van der Waals surface area (Å²) in [5.41, 5.74) is 10.3. The number of hydrogen-bond donors (Lipinski definition) is 4. The molecule has 1 aromatic carbocycles. The predicted molar refractivity (Wildman–Crippen MR) is 152 cm³/mol. The lowest BCUT2D eigenvalue weighted by atomic mass is 9.95. The minimum atomic E-state index is -1.34. The lowest BCUT2D eigenvalue weighted by Crippen LogP contribution is -2.40. The number of imidazole rings is 1. The Kier molecular flexibility index (Phi) is 9.22. The molecular weight excluding hydrogens is 568 g/mol. The number of azide groups is 1. The number of fused-ring (bicyclic) bond motifs is 1. The van der Waals surface area contributed by atoms with E-state index < -0.39 is 30.4 Å². The van der Waals surface area contributed by atoms with Crippen LogP contribution in [0.25, 0.3) is 21.6 Å². The number of benzene rings is 1. The molecule has 16 heteroatoms. The van der Waals surface area contributed by atoms with Gasteiger partial charge in [-0.15, -0.1) is 0 Å². The molecule has 4 N–H and O–H groups in total. The van der Waals surface area contributed by atoms with E-state index in [1.807, 2.05) is 0 Å². The molecule has 1 saturated heterocycles. The molecule has 4 atom stereocenters. The number of rotatable bonds is 10. The summed E-state index contributed by atoms with van der Waals surface area (Å²) < 4.78 is 13.1. The number of likely N-dealkylation sites (N-methyl/N-ethyl adjacent to an activating group) is 1.